The molecule has 0 aromatic rings. The second kappa shape index (κ2) is 6.48. The molecule has 45 valence electrons. The van der Waals surface area contributed by atoms with Crippen LogP contribution in [-0.2, 0) is 0 Å². The molecule has 0 aliphatic rings. The van der Waals surface area contributed by atoms with Gasteiger partial charge in [0, 0.05) is 6.42 Å². The van der Waals surface area contributed by atoms with Gasteiger partial charge in [0.2, 0.25) is 0 Å². The van der Waals surface area contributed by atoms with Crippen molar-refractivity contribution in [3.63, 3.8) is 0 Å². The fourth-order valence-corrected chi connectivity index (χ4v) is 0.390. The van der Waals surface area contributed by atoms with E-state index < -0.39 is 0 Å². The van der Waals surface area contributed by atoms with Gasteiger partial charge in [-0.2, -0.15) is 0 Å². The maximum atomic E-state index is 2.12. The predicted octanol–water partition coefficient (Wildman–Crippen LogP) is 2.73. The van der Waals surface area contributed by atoms with Gasteiger partial charge in [0.25, 0.3) is 0 Å². The Kier molecular flexibility index (Phi) is 6.06. The third-order valence-electron chi connectivity index (χ3n) is 0.786. The number of hydrogen-bond acceptors (Lipinski definition) is 0. The molecule has 0 heterocycles. The smallest absolute Gasteiger partial charge is 0.00440 e. The lowest BCUT2D eigenvalue weighted by Crippen LogP contribution is -1.57. The summed E-state index contributed by atoms with van der Waals surface area (Å²) in [6.07, 6.45) is 11.4. The molecule has 0 spiro atoms. The molecule has 8 heavy (non-hydrogen) atoms. The van der Waals surface area contributed by atoms with Gasteiger partial charge in [-0.25, -0.2) is 0 Å². The van der Waals surface area contributed by atoms with Crippen LogP contribution in [0.5, 0.6) is 0 Å². The van der Waals surface area contributed by atoms with Gasteiger partial charge >= 0.3 is 0 Å². The quantitative estimate of drug-likeness (QED) is 0.522. The zero-order chi connectivity index (χ0) is 6.24. The van der Waals surface area contributed by atoms with E-state index in [9.17, 15) is 0 Å². The van der Waals surface area contributed by atoms with Crippen molar-refractivity contribution in [3.05, 3.63) is 30.7 Å². The van der Waals surface area contributed by atoms with Crippen LogP contribution < -0.4 is 0 Å². The summed E-state index contributed by atoms with van der Waals surface area (Å²) in [4.78, 5) is 0. The number of hydrogen-bond donors (Lipinski definition) is 0. The first-order chi connectivity index (χ1) is 3.91. The summed E-state index contributed by atoms with van der Waals surface area (Å²) in [5.74, 6) is 0. The van der Waals surface area contributed by atoms with E-state index >= 15 is 0 Å². The van der Waals surface area contributed by atoms with E-state index in [0.717, 1.165) is 6.42 Å². The second-order valence-electron chi connectivity index (χ2n) is 1.55. The van der Waals surface area contributed by atoms with Crippen LogP contribution in [0.1, 0.15) is 20.3 Å². The lowest BCUT2D eigenvalue weighted by atomic mass is 10.3. The summed E-state index contributed by atoms with van der Waals surface area (Å²) < 4.78 is 0. The van der Waals surface area contributed by atoms with Crippen molar-refractivity contribution in [2.24, 2.45) is 0 Å². The number of rotatable bonds is 3. The highest BCUT2D eigenvalue weighted by Crippen LogP contribution is 1.85. The lowest BCUT2D eigenvalue weighted by Gasteiger charge is -1.76. The van der Waals surface area contributed by atoms with Gasteiger partial charge in [-0.1, -0.05) is 31.2 Å². The zero-order valence-electron chi connectivity index (χ0n) is 5.59. The molecule has 0 N–H and O–H groups in total. The summed E-state index contributed by atoms with van der Waals surface area (Å²) in [6.45, 7) is 4.14. The summed E-state index contributed by atoms with van der Waals surface area (Å²) in [5, 5.41) is 0. The Morgan fingerprint density at radius 2 is 2.00 bits per heavy atom. The molecule has 0 aliphatic heterocycles. The summed E-state index contributed by atoms with van der Waals surface area (Å²) in [6, 6.07) is 0. The highest BCUT2D eigenvalue weighted by Gasteiger charge is 1.66. The molecule has 0 aliphatic carbocycles. The van der Waals surface area contributed by atoms with Gasteiger partial charge < -0.3 is 0 Å². The van der Waals surface area contributed by atoms with Gasteiger partial charge in [0.15, 0.2) is 0 Å². The minimum absolute atomic E-state index is 1.12. The molecule has 0 bridgehead atoms. The third kappa shape index (κ3) is 5.48. The topological polar surface area (TPSA) is 0 Å². The Bertz CT molecular complexity index is 78.0. The summed E-state index contributed by atoms with van der Waals surface area (Å²) in [7, 11) is 0. The highest BCUT2D eigenvalue weighted by atomic mass is 13.7. The molecule has 0 rings (SSSR count). The first-order valence-corrected chi connectivity index (χ1v) is 3.03. The Morgan fingerprint density at radius 1 is 1.25 bits per heavy atom. The van der Waals surface area contributed by atoms with Crippen molar-refractivity contribution in [1.82, 2.24) is 0 Å². The van der Waals surface area contributed by atoms with Crippen LogP contribution in [0, 0.1) is 6.42 Å². The zero-order valence-corrected chi connectivity index (χ0v) is 5.59. The van der Waals surface area contributed by atoms with Crippen molar-refractivity contribution in [3.8, 4) is 0 Å². The van der Waals surface area contributed by atoms with E-state index in [-0.39, 0.29) is 0 Å². The molecular formula is C8H13. The monoisotopic (exact) mass is 109 g/mol. The van der Waals surface area contributed by atoms with Crippen molar-refractivity contribution in [2.75, 3.05) is 0 Å². The first-order valence-electron chi connectivity index (χ1n) is 3.03. The molecule has 0 saturated heterocycles. The molecule has 0 heteroatoms. The summed E-state index contributed by atoms with van der Waals surface area (Å²) in [5.41, 5.74) is 0. The molecule has 0 unspecified atom stereocenters. The van der Waals surface area contributed by atoms with Crippen LogP contribution in [0.25, 0.3) is 0 Å². The second-order valence-corrected chi connectivity index (χ2v) is 1.55. The minimum atomic E-state index is 1.12. The van der Waals surface area contributed by atoms with Gasteiger partial charge in [-0.3, -0.25) is 0 Å². The normalized spacial score (nSPS) is 11.8. The molecule has 0 atom stereocenters. The average Bonchev–Trinajstić information content (AvgIpc) is 1.81. The van der Waals surface area contributed by atoms with Gasteiger partial charge in [-0.05, 0) is 13.3 Å². The number of allylic oxidation sites excluding steroid dienone is 4. The van der Waals surface area contributed by atoms with Crippen LogP contribution in [-0.4, -0.2) is 0 Å². The van der Waals surface area contributed by atoms with Gasteiger partial charge in [0.1, 0.15) is 0 Å². The van der Waals surface area contributed by atoms with Crippen molar-refractivity contribution >= 4 is 0 Å². The van der Waals surface area contributed by atoms with Crippen LogP contribution in [0.2, 0.25) is 0 Å². The van der Waals surface area contributed by atoms with Crippen LogP contribution >= 0.6 is 0 Å². The SMILES string of the molecule is C/C=C\[CH]C=CCC. The third-order valence-corrected chi connectivity index (χ3v) is 0.786. The van der Waals surface area contributed by atoms with Crippen LogP contribution in [0.3, 0.4) is 0 Å². The van der Waals surface area contributed by atoms with Crippen molar-refractivity contribution in [1.29, 1.82) is 0 Å². The molecule has 0 aromatic heterocycles. The van der Waals surface area contributed by atoms with Gasteiger partial charge in [-0.15, -0.1) is 0 Å². The lowest BCUT2D eigenvalue weighted by molar-refractivity contribution is 1.22. The first kappa shape index (κ1) is 7.48. The molecule has 0 amide bonds. The van der Waals surface area contributed by atoms with E-state index in [2.05, 4.69) is 19.1 Å². The summed E-state index contributed by atoms with van der Waals surface area (Å²) >= 11 is 0. The average molecular weight is 109 g/mol. The van der Waals surface area contributed by atoms with E-state index in [1.165, 1.54) is 0 Å². The molecular weight excluding hydrogens is 96.1 g/mol. The van der Waals surface area contributed by atoms with Crippen molar-refractivity contribution in [2.45, 2.75) is 20.3 Å². The van der Waals surface area contributed by atoms with E-state index in [1.807, 2.05) is 25.5 Å². The Morgan fingerprint density at radius 3 is 2.50 bits per heavy atom. The Hall–Kier alpha value is -0.520. The van der Waals surface area contributed by atoms with Crippen LogP contribution in [0.15, 0.2) is 24.3 Å². The molecule has 0 nitrogen and oxygen atoms in total. The molecule has 0 saturated carbocycles. The fraction of sp³-hybridized carbons (Fsp3) is 0.375. The Balaban J connectivity index is 3.03. The molecule has 1 radical (unpaired) electrons. The molecule has 0 aromatic carbocycles. The maximum Gasteiger partial charge on any atom is 0.00440 e. The minimum Gasteiger partial charge on any atom is -0.0910 e. The van der Waals surface area contributed by atoms with Crippen molar-refractivity contribution < 1.29 is 0 Å². The highest BCUT2D eigenvalue weighted by molar-refractivity contribution is 5.06. The predicted molar refractivity (Wildman–Crippen MR) is 38.5 cm³/mol. The largest absolute Gasteiger partial charge is 0.0910 e. The van der Waals surface area contributed by atoms with E-state index in [0.29, 0.717) is 0 Å². The van der Waals surface area contributed by atoms with Gasteiger partial charge in [0.05, 0.1) is 0 Å². The molecule has 0 fully saturated rings. The fourth-order valence-electron chi connectivity index (χ4n) is 0.390. The van der Waals surface area contributed by atoms with E-state index in [1.54, 1.807) is 0 Å². The van der Waals surface area contributed by atoms with Crippen LogP contribution in [0.4, 0.5) is 0 Å². The maximum absolute atomic E-state index is 2.12. The van der Waals surface area contributed by atoms with E-state index in [4.69, 9.17) is 0 Å². The standard InChI is InChI=1S/C8H13/c1-3-5-7-8-6-4-2/h3,5-8H,4H2,1-2H3/b5-3-,8-6?. The Labute approximate surface area is 51.9 Å².